The van der Waals surface area contributed by atoms with Crippen LogP contribution in [0.15, 0.2) is 53.4 Å². The maximum absolute atomic E-state index is 13.1. The molecule has 2 aromatic rings. The Balaban J connectivity index is 1.81. The molecule has 1 aliphatic heterocycles. The quantitative estimate of drug-likeness (QED) is 0.796. The number of benzene rings is 2. The molecule has 0 saturated carbocycles. The van der Waals surface area contributed by atoms with E-state index in [0.29, 0.717) is 22.3 Å². The fraction of sp³-hybridized carbons (Fsp3) is 0.263. The molecule has 9 heteroatoms. The average molecular weight is 406 g/mol. The van der Waals surface area contributed by atoms with Gasteiger partial charge in [-0.25, -0.2) is 17.1 Å². The molecule has 0 unspecified atom stereocenters. The molecule has 1 N–H and O–H groups in total. The first-order valence-electron chi connectivity index (χ1n) is 8.69. The first kappa shape index (κ1) is 19.8. The van der Waals surface area contributed by atoms with Gasteiger partial charge in [-0.15, -0.1) is 0 Å². The monoisotopic (exact) mass is 406 g/mol. The van der Waals surface area contributed by atoms with Crippen molar-refractivity contribution in [1.82, 2.24) is 4.31 Å². The van der Waals surface area contributed by atoms with Crippen molar-refractivity contribution in [3.05, 3.63) is 54.3 Å². The van der Waals surface area contributed by atoms with Crippen LogP contribution in [0.4, 0.5) is 10.1 Å². The number of anilines is 1. The van der Waals surface area contributed by atoms with Crippen LogP contribution in [-0.2, 0) is 19.6 Å². The molecule has 0 aliphatic carbocycles. The lowest BCUT2D eigenvalue weighted by molar-refractivity contribution is -0.128. The molecule has 0 aromatic heterocycles. The number of rotatable bonds is 6. The minimum Gasteiger partial charge on any atom is -0.494 e. The molecule has 148 valence electrons. The van der Waals surface area contributed by atoms with Gasteiger partial charge in [-0.3, -0.25) is 9.59 Å². The summed E-state index contributed by atoms with van der Waals surface area (Å²) in [7, 11) is -4.27. The minimum atomic E-state index is -4.27. The van der Waals surface area contributed by atoms with Crippen LogP contribution in [-0.4, -0.2) is 37.2 Å². The van der Waals surface area contributed by atoms with Crippen LogP contribution >= 0.6 is 0 Å². The van der Waals surface area contributed by atoms with E-state index < -0.39 is 33.7 Å². The number of carbonyl (C=O) groups excluding carboxylic acids is 2. The molecule has 7 nitrogen and oxygen atoms in total. The topological polar surface area (TPSA) is 92.8 Å². The summed E-state index contributed by atoms with van der Waals surface area (Å²) in [6.07, 6.45) is 0.00388. The van der Waals surface area contributed by atoms with E-state index in [-0.39, 0.29) is 17.7 Å². The fourth-order valence-electron chi connectivity index (χ4n) is 2.95. The Bertz CT molecular complexity index is 974. The maximum Gasteiger partial charge on any atom is 0.267 e. The summed E-state index contributed by atoms with van der Waals surface area (Å²) >= 11 is 0. The number of ether oxygens (including phenoxy) is 1. The molecular formula is C19H19FN2O5S. The summed E-state index contributed by atoms with van der Waals surface area (Å²) in [5.74, 6) is -1.24. The third-order valence-electron chi connectivity index (χ3n) is 4.27. The molecule has 2 aromatic carbocycles. The summed E-state index contributed by atoms with van der Waals surface area (Å²) in [4.78, 5) is 24.6. The van der Waals surface area contributed by atoms with Gasteiger partial charge < -0.3 is 10.1 Å². The van der Waals surface area contributed by atoms with Crippen LogP contribution in [0.25, 0.3) is 0 Å². The molecule has 1 atom stereocenters. The predicted molar refractivity (Wildman–Crippen MR) is 99.7 cm³/mol. The Morgan fingerprint density at radius 3 is 2.43 bits per heavy atom. The molecule has 0 radical (unpaired) electrons. The normalized spacial score (nSPS) is 16.9. The highest BCUT2D eigenvalue weighted by Gasteiger charge is 2.44. The van der Waals surface area contributed by atoms with Gasteiger partial charge in [-0.05, 0) is 61.9 Å². The van der Waals surface area contributed by atoms with Crippen LogP contribution in [0, 0.1) is 5.82 Å². The molecule has 1 aliphatic rings. The van der Waals surface area contributed by atoms with Gasteiger partial charge in [-0.1, -0.05) is 0 Å². The summed E-state index contributed by atoms with van der Waals surface area (Å²) in [5, 5.41) is 2.62. The predicted octanol–water partition coefficient (Wildman–Crippen LogP) is 2.54. The van der Waals surface area contributed by atoms with Gasteiger partial charge >= 0.3 is 0 Å². The number of carbonyl (C=O) groups is 2. The van der Waals surface area contributed by atoms with Crippen molar-refractivity contribution >= 4 is 27.5 Å². The van der Waals surface area contributed by atoms with Crippen LogP contribution in [0.2, 0.25) is 0 Å². The van der Waals surface area contributed by atoms with E-state index in [0.717, 1.165) is 24.3 Å². The van der Waals surface area contributed by atoms with Gasteiger partial charge in [0.25, 0.3) is 10.0 Å². The molecule has 1 fully saturated rings. The van der Waals surface area contributed by atoms with Crippen molar-refractivity contribution in [1.29, 1.82) is 0 Å². The second-order valence-corrected chi connectivity index (χ2v) is 7.96. The lowest BCUT2D eigenvalue weighted by Gasteiger charge is -2.23. The maximum atomic E-state index is 13.1. The van der Waals surface area contributed by atoms with Crippen molar-refractivity contribution in [2.45, 2.75) is 30.7 Å². The first-order chi connectivity index (χ1) is 13.3. The average Bonchev–Trinajstić information content (AvgIpc) is 3.06. The molecule has 28 heavy (non-hydrogen) atoms. The van der Waals surface area contributed by atoms with Crippen molar-refractivity contribution in [2.24, 2.45) is 0 Å². The van der Waals surface area contributed by atoms with E-state index in [1.165, 1.54) is 0 Å². The summed E-state index contributed by atoms with van der Waals surface area (Å²) in [6, 6.07) is 9.53. The van der Waals surface area contributed by atoms with Gasteiger partial charge in [-0.2, -0.15) is 0 Å². The number of hydrogen-bond acceptors (Lipinski definition) is 5. The second-order valence-electron chi connectivity index (χ2n) is 6.15. The Kier molecular flexibility index (Phi) is 5.64. The minimum absolute atomic E-state index is 0.0677. The SMILES string of the molecule is CCOc1ccc(NC(=O)[C@H]2CCC(=O)N2S(=O)(=O)c2ccc(F)cc2)cc1. The first-order valence-corrected chi connectivity index (χ1v) is 10.1. The Labute approximate surface area is 162 Å². The summed E-state index contributed by atoms with van der Waals surface area (Å²) in [6.45, 7) is 2.36. The largest absolute Gasteiger partial charge is 0.494 e. The molecule has 1 heterocycles. The van der Waals surface area contributed by atoms with Crippen LogP contribution in [0.3, 0.4) is 0 Å². The zero-order valence-electron chi connectivity index (χ0n) is 15.1. The molecule has 1 saturated heterocycles. The van der Waals surface area contributed by atoms with Gasteiger partial charge in [0.15, 0.2) is 0 Å². The molecule has 2 amide bonds. The van der Waals surface area contributed by atoms with Gasteiger partial charge in [0.1, 0.15) is 17.6 Å². The number of nitrogens with zero attached hydrogens (tertiary/aromatic N) is 1. The van der Waals surface area contributed by atoms with Crippen molar-refractivity contribution in [2.75, 3.05) is 11.9 Å². The zero-order valence-corrected chi connectivity index (χ0v) is 15.9. The zero-order chi connectivity index (χ0) is 20.3. The van der Waals surface area contributed by atoms with Gasteiger partial charge in [0.2, 0.25) is 11.8 Å². The van der Waals surface area contributed by atoms with Crippen molar-refractivity contribution < 1.29 is 27.1 Å². The van der Waals surface area contributed by atoms with E-state index in [1.54, 1.807) is 24.3 Å². The second kappa shape index (κ2) is 7.97. The summed E-state index contributed by atoms with van der Waals surface area (Å²) in [5.41, 5.74) is 0.451. The highest BCUT2D eigenvalue weighted by molar-refractivity contribution is 7.89. The van der Waals surface area contributed by atoms with Crippen LogP contribution < -0.4 is 10.1 Å². The van der Waals surface area contributed by atoms with Gasteiger partial charge in [0, 0.05) is 12.1 Å². The number of amides is 2. The summed E-state index contributed by atoms with van der Waals surface area (Å²) < 4.78 is 44.7. The lowest BCUT2D eigenvalue weighted by Crippen LogP contribution is -2.45. The van der Waals surface area contributed by atoms with Crippen LogP contribution in [0.5, 0.6) is 5.75 Å². The number of nitrogens with one attached hydrogen (secondary N) is 1. The standard InChI is InChI=1S/C19H19FN2O5S/c1-2-27-15-7-5-14(6-8-15)21-19(24)17-11-12-18(23)22(17)28(25,26)16-9-3-13(20)4-10-16/h3-10,17H,2,11-12H2,1H3,(H,21,24)/t17-/m1/s1. The Hall–Kier alpha value is -2.94. The number of hydrogen-bond donors (Lipinski definition) is 1. The van der Waals surface area contributed by atoms with E-state index in [4.69, 9.17) is 4.74 Å². The molecule has 3 rings (SSSR count). The van der Waals surface area contributed by atoms with E-state index in [2.05, 4.69) is 5.32 Å². The third kappa shape index (κ3) is 3.99. The molecule has 0 spiro atoms. The van der Waals surface area contributed by atoms with Gasteiger partial charge in [0.05, 0.1) is 11.5 Å². The highest BCUT2D eigenvalue weighted by Crippen LogP contribution is 2.28. The molecular weight excluding hydrogens is 387 g/mol. The Morgan fingerprint density at radius 1 is 1.18 bits per heavy atom. The fourth-order valence-corrected chi connectivity index (χ4v) is 4.55. The van der Waals surface area contributed by atoms with Crippen LogP contribution in [0.1, 0.15) is 19.8 Å². The van der Waals surface area contributed by atoms with E-state index in [1.807, 2.05) is 6.92 Å². The molecule has 0 bridgehead atoms. The number of sulfonamides is 1. The van der Waals surface area contributed by atoms with E-state index >= 15 is 0 Å². The van der Waals surface area contributed by atoms with Crippen molar-refractivity contribution in [3.63, 3.8) is 0 Å². The number of halogens is 1. The smallest absolute Gasteiger partial charge is 0.267 e. The highest BCUT2D eigenvalue weighted by atomic mass is 32.2. The lowest BCUT2D eigenvalue weighted by atomic mass is 10.2. The Morgan fingerprint density at radius 2 is 1.82 bits per heavy atom. The van der Waals surface area contributed by atoms with Crippen molar-refractivity contribution in [3.8, 4) is 5.75 Å². The third-order valence-corrected chi connectivity index (χ3v) is 6.11. The van der Waals surface area contributed by atoms with E-state index in [9.17, 15) is 22.4 Å².